The highest BCUT2D eigenvalue weighted by Gasteiger charge is 2.48. The van der Waals surface area contributed by atoms with E-state index in [2.05, 4.69) is 21.4 Å². The van der Waals surface area contributed by atoms with Crippen molar-refractivity contribution in [2.24, 2.45) is 7.05 Å². The number of likely N-dealkylation sites (tertiary alicyclic amines) is 1. The van der Waals surface area contributed by atoms with Crippen LogP contribution in [-0.2, 0) is 16.6 Å². The van der Waals surface area contributed by atoms with Crippen LogP contribution in [0.2, 0.25) is 0 Å². The third-order valence-corrected chi connectivity index (χ3v) is 5.04. The Labute approximate surface area is 136 Å². The molecule has 2 atom stereocenters. The molecule has 6 nitrogen and oxygen atoms in total. The summed E-state index contributed by atoms with van der Waals surface area (Å²) in [5, 5.41) is 7.91. The number of aryl methyl sites for hydroxylation is 1. The first-order chi connectivity index (χ1) is 11.2. The van der Waals surface area contributed by atoms with Crippen LogP contribution >= 0.6 is 0 Å². The van der Waals surface area contributed by atoms with E-state index in [1.807, 2.05) is 24.0 Å². The molecule has 1 saturated heterocycles. The maximum absolute atomic E-state index is 12.6. The highest BCUT2D eigenvalue weighted by Crippen LogP contribution is 2.41. The lowest BCUT2D eigenvalue weighted by Crippen LogP contribution is -2.39. The van der Waals surface area contributed by atoms with Crippen molar-refractivity contribution >= 4 is 5.91 Å². The standard InChI is InChI=1S/C17H24N4O2/c1-20-15(6-7-19-20)17-14(9-16(22)21(17)13-4-5-13)18-10-12-3-2-8-23-11-12/h3,6-7,13-14,17-18H,2,4-5,8-11H2,1H3/t14-,17-/m1/s1. The molecule has 0 radical (unpaired) electrons. The smallest absolute Gasteiger partial charge is 0.225 e. The minimum absolute atomic E-state index is 0.0904. The molecule has 3 heterocycles. The molecular formula is C17H24N4O2. The van der Waals surface area contributed by atoms with Gasteiger partial charge in [0, 0.05) is 38.3 Å². The van der Waals surface area contributed by atoms with E-state index in [0.717, 1.165) is 38.1 Å². The van der Waals surface area contributed by atoms with Crippen molar-refractivity contribution in [3.63, 3.8) is 0 Å². The summed E-state index contributed by atoms with van der Waals surface area (Å²) >= 11 is 0. The van der Waals surface area contributed by atoms with Gasteiger partial charge in [0.2, 0.25) is 5.91 Å². The third kappa shape index (κ3) is 2.93. The summed E-state index contributed by atoms with van der Waals surface area (Å²) in [5.74, 6) is 0.269. The number of nitrogens with zero attached hydrogens (tertiary/aromatic N) is 3. The van der Waals surface area contributed by atoms with Gasteiger partial charge in [-0.15, -0.1) is 0 Å². The Kier molecular flexibility index (Phi) is 3.95. The van der Waals surface area contributed by atoms with E-state index < -0.39 is 0 Å². The summed E-state index contributed by atoms with van der Waals surface area (Å²) in [6.45, 7) is 2.32. The Morgan fingerprint density at radius 3 is 2.96 bits per heavy atom. The number of nitrogens with one attached hydrogen (secondary N) is 1. The topological polar surface area (TPSA) is 59.4 Å². The van der Waals surface area contributed by atoms with E-state index in [0.29, 0.717) is 19.1 Å². The molecule has 0 spiro atoms. The Hall–Kier alpha value is -1.66. The van der Waals surface area contributed by atoms with Crippen LogP contribution in [0.3, 0.4) is 0 Å². The number of hydrogen-bond acceptors (Lipinski definition) is 4. The number of aromatic nitrogens is 2. The molecule has 4 rings (SSSR count). The van der Waals surface area contributed by atoms with Crippen LogP contribution < -0.4 is 5.32 Å². The average molecular weight is 316 g/mol. The van der Waals surface area contributed by atoms with Crippen molar-refractivity contribution in [2.75, 3.05) is 19.8 Å². The minimum atomic E-state index is 0.0904. The van der Waals surface area contributed by atoms with Crippen molar-refractivity contribution in [3.8, 4) is 0 Å². The summed E-state index contributed by atoms with van der Waals surface area (Å²) in [4.78, 5) is 14.6. The Morgan fingerprint density at radius 2 is 2.30 bits per heavy atom. The Bertz CT molecular complexity index is 620. The predicted molar refractivity (Wildman–Crippen MR) is 85.7 cm³/mol. The molecule has 23 heavy (non-hydrogen) atoms. The van der Waals surface area contributed by atoms with Crippen molar-refractivity contribution in [3.05, 3.63) is 29.6 Å². The molecule has 3 aliphatic rings. The van der Waals surface area contributed by atoms with E-state index in [-0.39, 0.29) is 18.0 Å². The number of ether oxygens (including phenoxy) is 1. The van der Waals surface area contributed by atoms with Gasteiger partial charge in [0.25, 0.3) is 0 Å². The van der Waals surface area contributed by atoms with Crippen LogP contribution in [0.4, 0.5) is 0 Å². The number of rotatable bonds is 5. The van der Waals surface area contributed by atoms with Crippen LogP contribution in [-0.4, -0.2) is 52.4 Å². The number of amides is 1. The molecule has 6 heteroatoms. The number of hydrogen-bond donors (Lipinski definition) is 1. The van der Waals surface area contributed by atoms with Crippen molar-refractivity contribution in [2.45, 2.75) is 43.8 Å². The van der Waals surface area contributed by atoms with Gasteiger partial charge in [-0.2, -0.15) is 5.10 Å². The molecule has 1 aromatic rings. The molecular weight excluding hydrogens is 292 g/mol. The molecule has 124 valence electrons. The van der Waals surface area contributed by atoms with E-state index in [1.54, 1.807) is 0 Å². The summed E-state index contributed by atoms with van der Waals surface area (Å²) in [6, 6.07) is 2.69. The quantitative estimate of drug-likeness (QED) is 0.828. The van der Waals surface area contributed by atoms with Gasteiger partial charge in [0.1, 0.15) is 0 Å². The average Bonchev–Trinajstić information content (AvgIpc) is 3.23. The van der Waals surface area contributed by atoms with Crippen molar-refractivity contribution < 1.29 is 9.53 Å². The second kappa shape index (κ2) is 6.09. The fraction of sp³-hybridized carbons (Fsp3) is 0.647. The fourth-order valence-corrected chi connectivity index (χ4v) is 3.74. The molecule has 0 bridgehead atoms. The zero-order chi connectivity index (χ0) is 15.8. The maximum Gasteiger partial charge on any atom is 0.225 e. The maximum atomic E-state index is 12.6. The van der Waals surface area contributed by atoms with E-state index >= 15 is 0 Å². The first-order valence-corrected chi connectivity index (χ1v) is 8.52. The summed E-state index contributed by atoms with van der Waals surface area (Å²) < 4.78 is 7.41. The molecule has 1 amide bonds. The molecule has 0 unspecified atom stereocenters. The Morgan fingerprint density at radius 1 is 1.43 bits per heavy atom. The lowest BCUT2D eigenvalue weighted by Gasteiger charge is -2.29. The van der Waals surface area contributed by atoms with Gasteiger partial charge in [-0.1, -0.05) is 6.08 Å². The summed E-state index contributed by atoms with van der Waals surface area (Å²) in [7, 11) is 1.96. The number of carbonyl (C=O) groups excluding carboxylic acids is 1. The zero-order valence-corrected chi connectivity index (χ0v) is 13.6. The van der Waals surface area contributed by atoms with E-state index in [9.17, 15) is 4.79 Å². The second-order valence-corrected chi connectivity index (χ2v) is 6.75. The molecule has 1 aliphatic carbocycles. The Balaban J connectivity index is 1.53. The van der Waals surface area contributed by atoms with Gasteiger partial charge in [-0.25, -0.2) is 0 Å². The fourth-order valence-electron chi connectivity index (χ4n) is 3.74. The molecule has 2 fully saturated rings. The van der Waals surface area contributed by atoms with Crippen LogP contribution in [0.1, 0.15) is 37.4 Å². The normalized spacial score (nSPS) is 28.3. The van der Waals surface area contributed by atoms with Gasteiger partial charge in [0.05, 0.1) is 24.9 Å². The largest absolute Gasteiger partial charge is 0.377 e. The van der Waals surface area contributed by atoms with Crippen LogP contribution in [0.5, 0.6) is 0 Å². The van der Waals surface area contributed by atoms with Crippen molar-refractivity contribution in [1.29, 1.82) is 0 Å². The van der Waals surface area contributed by atoms with Crippen molar-refractivity contribution in [1.82, 2.24) is 20.0 Å². The van der Waals surface area contributed by atoms with E-state index in [1.165, 1.54) is 5.57 Å². The first-order valence-electron chi connectivity index (χ1n) is 8.52. The summed E-state index contributed by atoms with van der Waals surface area (Å²) in [6.07, 6.45) is 7.89. The molecule has 1 aromatic heterocycles. The van der Waals surface area contributed by atoms with Crippen LogP contribution in [0.25, 0.3) is 0 Å². The third-order valence-electron chi connectivity index (χ3n) is 5.04. The predicted octanol–water partition coefficient (Wildman–Crippen LogP) is 1.16. The van der Waals surface area contributed by atoms with Gasteiger partial charge in [-0.05, 0) is 30.9 Å². The molecule has 1 N–H and O–H groups in total. The zero-order valence-electron chi connectivity index (χ0n) is 13.6. The van der Waals surface area contributed by atoms with Crippen LogP contribution in [0.15, 0.2) is 23.9 Å². The first kappa shape index (κ1) is 14.9. The lowest BCUT2D eigenvalue weighted by molar-refractivity contribution is -0.129. The SMILES string of the molecule is Cn1nccc1[C@H]1[C@H](NCC2=CCCOC2)CC(=O)N1C1CC1. The highest BCUT2D eigenvalue weighted by molar-refractivity contribution is 5.81. The van der Waals surface area contributed by atoms with Gasteiger partial charge in [-0.3, -0.25) is 9.48 Å². The van der Waals surface area contributed by atoms with Gasteiger partial charge < -0.3 is 15.0 Å². The lowest BCUT2D eigenvalue weighted by atomic mass is 10.0. The highest BCUT2D eigenvalue weighted by atomic mass is 16.5. The molecule has 0 aromatic carbocycles. The molecule has 1 saturated carbocycles. The minimum Gasteiger partial charge on any atom is -0.377 e. The van der Waals surface area contributed by atoms with E-state index in [4.69, 9.17) is 4.74 Å². The number of carbonyl (C=O) groups is 1. The second-order valence-electron chi connectivity index (χ2n) is 6.75. The van der Waals surface area contributed by atoms with Crippen LogP contribution in [0, 0.1) is 0 Å². The van der Waals surface area contributed by atoms with Gasteiger partial charge in [0.15, 0.2) is 0 Å². The molecule has 2 aliphatic heterocycles. The monoisotopic (exact) mass is 316 g/mol. The van der Waals surface area contributed by atoms with Gasteiger partial charge >= 0.3 is 0 Å². The summed E-state index contributed by atoms with van der Waals surface area (Å²) in [5.41, 5.74) is 2.41.